The zero-order valence-electron chi connectivity index (χ0n) is 19.7. The van der Waals surface area contributed by atoms with E-state index in [0.717, 1.165) is 19.3 Å². The Bertz CT molecular complexity index is 1030. The molecule has 1 aliphatic rings. The largest absolute Gasteiger partial charge is 0.504 e. The number of aliphatic hydroxyl groups excluding tert-OH is 4. The molecule has 0 aliphatic carbocycles. The highest BCUT2D eigenvalue weighted by Gasteiger charge is 2.44. The van der Waals surface area contributed by atoms with E-state index in [0.29, 0.717) is 0 Å². The molecule has 0 radical (unpaired) electrons. The lowest BCUT2D eigenvalue weighted by Gasteiger charge is -2.39. The van der Waals surface area contributed by atoms with Crippen LogP contribution in [0.25, 0.3) is 11.0 Å². The molecular weight excluding hydrogens is 460 g/mol. The maximum atomic E-state index is 12.4. The summed E-state index contributed by atoms with van der Waals surface area (Å²) >= 11 is 0. The summed E-state index contributed by atoms with van der Waals surface area (Å²) in [6.07, 6.45) is 3.74. The summed E-state index contributed by atoms with van der Waals surface area (Å²) in [4.78, 5) is 12.4. The first-order chi connectivity index (χ1) is 16.9. The van der Waals surface area contributed by atoms with Crippen molar-refractivity contribution in [1.29, 1.82) is 0 Å². The number of aromatic hydroxyl groups is 1. The molecule has 2 heterocycles. The molecular formula is C25H34O10. The average molecular weight is 495 g/mol. The summed E-state index contributed by atoms with van der Waals surface area (Å²) in [6.45, 7) is 1.58. The average Bonchev–Trinajstić information content (AvgIpc) is 2.84. The van der Waals surface area contributed by atoms with E-state index < -0.39 is 42.9 Å². The molecule has 194 valence electrons. The van der Waals surface area contributed by atoms with Crippen molar-refractivity contribution in [3.8, 4) is 17.2 Å². The Morgan fingerprint density at radius 1 is 1.03 bits per heavy atom. The van der Waals surface area contributed by atoms with Crippen molar-refractivity contribution in [3.63, 3.8) is 0 Å². The molecule has 2 aromatic rings. The summed E-state index contributed by atoms with van der Waals surface area (Å²) < 4.78 is 21.4. The first kappa shape index (κ1) is 27.0. The number of hydrogen-bond acceptors (Lipinski definition) is 10. The van der Waals surface area contributed by atoms with Gasteiger partial charge < -0.3 is 44.2 Å². The van der Waals surface area contributed by atoms with E-state index in [1.807, 2.05) is 0 Å². The van der Waals surface area contributed by atoms with Gasteiger partial charge in [-0.2, -0.15) is 0 Å². The van der Waals surface area contributed by atoms with Gasteiger partial charge in [-0.3, -0.25) is 0 Å². The molecule has 0 saturated carbocycles. The standard InChI is InChI=1S/C25H34O10/c1-2-3-4-5-6-7-8-9-12-32-23-19(27)16-11-10-15(13-17(16)34-24(23)31)33-25-22(30)21(29)20(28)18(14-26)35-25/h9-13,18,20-22,25-30H,2-8,14H2,1H3/t18-,20+,21+,22-,25?/m1/s1. The number of rotatable bonds is 12. The monoisotopic (exact) mass is 494 g/mol. The minimum absolute atomic E-state index is 0.00185. The molecule has 10 nitrogen and oxygen atoms in total. The molecule has 0 amide bonds. The fourth-order valence-electron chi connectivity index (χ4n) is 3.85. The van der Waals surface area contributed by atoms with Crippen LogP contribution in [0.3, 0.4) is 0 Å². The summed E-state index contributed by atoms with van der Waals surface area (Å²) in [5.74, 6) is -0.629. The Morgan fingerprint density at radius 3 is 2.51 bits per heavy atom. The molecule has 1 aliphatic heterocycles. The molecule has 35 heavy (non-hydrogen) atoms. The third kappa shape index (κ3) is 6.74. The highest BCUT2D eigenvalue weighted by molar-refractivity contribution is 5.86. The molecule has 1 aromatic carbocycles. The predicted molar refractivity (Wildman–Crippen MR) is 126 cm³/mol. The van der Waals surface area contributed by atoms with Crippen LogP contribution in [0.2, 0.25) is 0 Å². The van der Waals surface area contributed by atoms with Crippen LogP contribution in [0.15, 0.2) is 39.7 Å². The lowest BCUT2D eigenvalue weighted by molar-refractivity contribution is -0.277. The Balaban J connectivity index is 1.65. The molecule has 1 unspecified atom stereocenters. The Hall–Kier alpha value is -2.63. The third-order valence-electron chi connectivity index (χ3n) is 5.92. The number of hydrogen-bond donors (Lipinski definition) is 5. The first-order valence-corrected chi connectivity index (χ1v) is 12.0. The van der Waals surface area contributed by atoms with Crippen molar-refractivity contribution in [3.05, 3.63) is 41.0 Å². The predicted octanol–water partition coefficient (Wildman–Crippen LogP) is 2.32. The number of benzene rings is 1. The Kier molecular flexibility index (Phi) is 9.93. The molecule has 3 rings (SSSR count). The van der Waals surface area contributed by atoms with Gasteiger partial charge in [0.05, 0.1) is 18.3 Å². The fourth-order valence-corrected chi connectivity index (χ4v) is 3.85. The van der Waals surface area contributed by atoms with Crippen LogP contribution < -0.4 is 15.1 Å². The van der Waals surface area contributed by atoms with Gasteiger partial charge in [0.2, 0.25) is 6.29 Å². The van der Waals surface area contributed by atoms with Crippen LogP contribution in [0.5, 0.6) is 17.2 Å². The van der Waals surface area contributed by atoms with Crippen LogP contribution in [-0.2, 0) is 4.74 Å². The van der Waals surface area contributed by atoms with Crippen molar-refractivity contribution >= 4 is 11.0 Å². The second-order valence-electron chi connectivity index (χ2n) is 8.59. The third-order valence-corrected chi connectivity index (χ3v) is 5.92. The van der Waals surface area contributed by atoms with Crippen LogP contribution in [0.1, 0.15) is 51.9 Å². The minimum atomic E-state index is -1.60. The first-order valence-electron chi connectivity index (χ1n) is 12.0. The van der Waals surface area contributed by atoms with Gasteiger partial charge in [-0.1, -0.05) is 39.0 Å². The second kappa shape index (κ2) is 12.9. The van der Waals surface area contributed by atoms with Gasteiger partial charge in [-0.05, 0) is 31.1 Å². The second-order valence-corrected chi connectivity index (χ2v) is 8.59. The minimum Gasteiger partial charge on any atom is -0.504 e. The molecule has 0 spiro atoms. The SMILES string of the molecule is CCCCCCCCC=COc1c(O)c2ccc(OC3O[C@H](CO)[C@H](O)[C@H](O)[C@H]3O)cc2oc1=O. The highest BCUT2D eigenvalue weighted by Crippen LogP contribution is 2.34. The van der Waals surface area contributed by atoms with Crippen molar-refractivity contribution in [2.45, 2.75) is 82.6 Å². The van der Waals surface area contributed by atoms with Crippen LogP contribution in [0, 0.1) is 0 Å². The van der Waals surface area contributed by atoms with Crippen molar-refractivity contribution in [2.75, 3.05) is 6.61 Å². The van der Waals surface area contributed by atoms with Crippen molar-refractivity contribution < 1.29 is 44.2 Å². The van der Waals surface area contributed by atoms with Crippen LogP contribution >= 0.6 is 0 Å². The quantitative estimate of drug-likeness (QED) is 0.168. The molecule has 5 atom stereocenters. The summed E-state index contributed by atoms with van der Waals surface area (Å²) in [5, 5.41) is 49.9. The number of allylic oxidation sites excluding steroid dienone is 1. The van der Waals surface area contributed by atoms with Gasteiger partial charge in [-0.15, -0.1) is 0 Å². The lowest BCUT2D eigenvalue weighted by Crippen LogP contribution is -2.60. The highest BCUT2D eigenvalue weighted by atomic mass is 16.7. The van der Waals surface area contributed by atoms with Gasteiger partial charge in [0.25, 0.3) is 5.75 Å². The van der Waals surface area contributed by atoms with Gasteiger partial charge in [0.15, 0.2) is 5.75 Å². The molecule has 5 N–H and O–H groups in total. The fraction of sp³-hybridized carbons (Fsp3) is 0.560. The molecule has 1 aromatic heterocycles. The number of unbranched alkanes of at least 4 members (excludes halogenated alkanes) is 6. The van der Waals surface area contributed by atoms with E-state index in [4.69, 9.17) is 18.6 Å². The van der Waals surface area contributed by atoms with E-state index in [9.17, 15) is 30.3 Å². The van der Waals surface area contributed by atoms with E-state index in [2.05, 4.69) is 6.92 Å². The van der Waals surface area contributed by atoms with Gasteiger partial charge >= 0.3 is 5.63 Å². The molecule has 0 bridgehead atoms. The van der Waals surface area contributed by atoms with Crippen LogP contribution in [0.4, 0.5) is 0 Å². The zero-order chi connectivity index (χ0) is 25.4. The summed E-state index contributed by atoms with van der Waals surface area (Å²) in [5.41, 5.74) is -0.887. The van der Waals surface area contributed by atoms with Gasteiger partial charge in [0, 0.05) is 6.07 Å². The van der Waals surface area contributed by atoms with Crippen molar-refractivity contribution in [1.82, 2.24) is 0 Å². The maximum absolute atomic E-state index is 12.4. The Labute approximate surface area is 203 Å². The van der Waals surface area contributed by atoms with Gasteiger partial charge in [-0.25, -0.2) is 4.79 Å². The van der Waals surface area contributed by atoms with E-state index in [1.54, 1.807) is 6.08 Å². The van der Waals surface area contributed by atoms with Crippen molar-refractivity contribution in [2.24, 2.45) is 0 Å². The molecule has 1 saturated heterocycles. The number of fused-ring (bicyclic) bond motifs is 1. The topological polar surface area (TPSA) is 159 Å². The number of ether oxygens (including phenoxy) is 3. The summed E-state index contributed by atoms with van der Waals surface area (Å²) in [7, 11) is 0. The van der Waals surface area contributed by atoms with Crippen LogP contribution in [-0.4, -0.2) is 62.8 Å². The zero-order valence-corrected chi connectivity index (χ0v) is 19.7. The number of aliphatic hydroxyl groups is 4. The van der Waals surface area contributed by atoms with E-state index in [1.165, 1.54) is 50.1 Å². The summed E-state index contributed by atoms with van der Waals surface area (Å²) in [6, 6.07) is 4.16. The van der Waals surface area contributed by atoms with E-state index in [-0.39, 0.29) is 28.2 Å². The smallest absolute Gasteiger partial charge is 0.383 e. The lowest BCUT2D eigenvalue weighted by atomic mass is 9.99. The molecule has 1 fully saturated rings. The normalized spacial score (nSPS) is 24.8. The Morgan fingerprint density at radius 2 is 1.77 bits per heavy atom. The molecule has 10 heteroatoms. The van der Waals surface area contributed by atoms with Gasteiger partial charge in [0.1, 0.15) is 35.7 Å². The maximum Gasteiger partial charge on any atom is 0.383 e. The van der Waals surface area contributed by atoms with E-state index >= 15 is 0 Å².